The van der Waals surface area contributed by atoms with Crippen LogP contribution in [0.15, 0.2) is 54.1 Å². The molecule has 2 unspecified atom stereocenters. The molecule has 2 aromatic carbocycles. The van der Waals surface area contributed by atoms with Gasteiger partial charge in [-0.3, -0.25) is 0 Å². The van der Waals surface area contributed by atoms with Crippen LogP contribution in [0.2, 0.25) is 0 Å². The van der Waals surface area contributed by atoms with Gasteiger partial charge in [0.25, 0.3) is 0 Å². The summed E-state index contributed by atoms with van der Waals surface area (Å²) in [6, 6.07) is 18.4. The molecule has 2 aromatic rings. The van der Waals surface area contributed by atoms with Crippen LogP contribution in [-0.2, 0) is 11.8 Å². The first-order valence-electron chi connectivity index (χ1n) is 8.96. The number of rotatable bonds is 0. The molecule has 0 aromatic heterocycles. The highest BCUT2D eigenvalue weighted by molar-refractivity contribution is 8.08. The second-order valence-electron chi connectivity index (χ2n) is 7.82. The maximum Gasteiger partial charge on any atom is 0.0532 e. The Morgan fingerprint density at radius 3 is 2.71 bits per heavy atom. The third-order valence-electron chi connectivity index (χ3n) is 6.26. The van der Waals surface area contributed by atoms with E-state index in [2.05, 4.69) is 79.5 Å². The number of anilines is 1. The van der Waals surface area contributed by atoms with Gasteiger partial charge in [0, 0.05) is 22.3 Å². The molecule has 0 amide bonds. The molecule has 0 saturated carbocycles. The van der Waals surface area contributed by atoms with Gasteiger partial charge in [0.2, 0.25) is 0 Å². The summed E-state index contributed by atoms with van der Waals surface area (Å²) in [5.41, 5.74) is 7.69. The molecular weight excluding hydrogens is 310 g/mol. The number of fused-ring (bicyclic) bond motifs is 5. The van der Waals surface area contributed by atoms with Crippen molar-refractivity contribution in [1.29, 1.82) is 0 Å². The van der Waals surface area contributed by atoms with E-state index in [0.29, 0.717) is 12.0 Å². The Morgan fingerprint density at radius 2 is 1.79 bits per heavy atom. The second-order valence-corrected chi connectivity index (χ2v) is 8.85. The molecule has 0 fully saturated rings. The second kappa shape index (κ2) is 5.16. The van der Waals surface area contributed by atoms with Crippen molar-refractivity contribution in [2.24, 2.45) is 5.92 Å². The highest BCUT2D eigenvalue weighted by Crippen LogP contribution is 2.54. The van der Waals surface area contributed by atoms with Crippen LogP contribution in [0.5, 0.6) is 0 Å². The fourth-order valence-electron chi connectivity index (χ4n) is 4.85. The molecule has 0 radical (unpaired) electrons. The molecule has 1 N–H and O–H groups in total. The van der Waals surface area contributed by atoms with Gasteiger partial charge in [0.05, 0.1) is 6.04 Å². The Balaban J connectivity index is 1.65. The first-order chi connectivity index (χ1) is 11.7. The molecule has 0 spiro atoms. The van der Waals surface area contributed by atoms with E-state index in [1.54, 1.807) is 10.5 Å². The van der Waals surface area contributed by atoms with Crippen LogP contribution in [0.4, 0.5) is 5.69 Å². The average molecular weight is 334 g/mol. The summed E-state index contributed by atoms with van der Waals surface area (Å²) in [6.45, 7) is 4.88. The number of hydrogen-bond acceptors (Lipinski definition) is 2. The van der Waals surface area contributed by atoms with Crippen molar-refractivity contribution in [2.75, 3.05) is 11.1 Å². The zero-order chi connectivity index (χ0) is 16.3. The number of aryl methyl sites for hydroxylation is 1. The summed E-state index contributed by atoms with van der Waals surface area (Å²) in [5.74, 6) is 1.85. The van der Waals surface area contributed by atoms with Gasteiger partial charge in [0.15, 0.2) is 0 Å². The number of para-hydroxylation sites is 1. The fraction of sp³-hybridized carbons (Fsp3) is 0.364. The van der Waals surface area contributed by atoms with Gasteiger partial charge < -0.3 is 5.32 Å². The maximum atomic E-state index is 3.91. The Hall–Kier alpha value is -1.67. The lowest BCUT2D eigenvalue weighted by molar-refractivity contribution is 0.310. The number of hydrogen-bond donors (Lipinski definition) is 1. The largest absolute Gasteiger partial charge is 0.378 e. The van der Waals surface area contributed by atoms with E-state index < -0.39 is 0 Å². The molecular formula is C22H23NS. The standard InChI is InChI=1S/C22H23NS/c1-22(2)17-9-5-6-10-19(17)23-20-16-12-11-14-7-3-4-8-15(14)21(16)24-13-18(20)22/h3-10,18,20,23H,11-13H2,1-2H3. The van der Waals surface area contributed by atoms with Crippen LogP contribution in [0.3, 0.4) is 0 Å². The molecule has 2 heteroatoms. The molecule has 24 heavy (non-hydrogen) atoms. The monoisotopic (exact) mass is 333 g/mol. The van der Waals surface area contributed by atoms with Gasteiger partial charge in [0.1, 0.15) is 0 Å². The van der Waals surface area contributed by atoms with Gasteiger partial charge in [-0.2, -0.15) is 0 Å². The van der Waals surface area contributed by atoms with E-state index in [1.807, 2.05) is 0 Å². The summed E-state index contributed by atoms with van der Waals surface area (Å²) >= 11 is 2.09. The van der Waals surface area contributed by atoms with Crippen LogP contribution in [0.25, 0.3) is 4.91 Å². The SMILES string of the molecule is CC1(C)c2ccccc2NC2C3=C(SCC21)c1ccccc1CC3. The predicted molar refractivity (Wildman–Crippen MR) is 105 cm³/mol. The Morgan fingerprint density at radius 1 is 1.00 bits per heavy atom. The van der Waals surface area contributed by atoms with Crippen molar-refractivity contribution in [3.05, 3.63) is 70.8 Å². The summed E-state index contributed by atoms with van der Waals surface area (Å²) in [5, 5.41) is 3.91. The van der Waals surface area contributed by atoms with E-state index in [0.717, 1.165) is 0 Å². The molecule has 1 nitrogen and oxygen atoms in total. The molecule has 0 saturated heterocycles. The summed E-state index contributed by atoms with van der Waals surface area (Å²) in [7, 11) is 0. The minimum atomic E-state index is 0.217. The van der Waals surface area contributed by atoms with E-state index in [9.17, 15) is 0 Å². The first-order valence-corrected chi connectivity index (χ1v) is 9.95. The van der Waals surface area contributed by atoms with E-state index >= 15 is 0 Å². The smallest absolute Gasteiger partial charge is 0.0532 e. The highest BCUT2D eigenvalue weighted by Gasteiger charge is 2.46. The Labute approximate surface area is 148 Å². The molecule has 2 aliphatic heterocycles. The maximum absolute atomic E-state index is 3.91. The van der Waals surface area contributed by atoms with Crippen molar-refractivity contribution in [3.8, 4) is 0 Å². The molecule has 2 heterocycles. The van der Waals surface area contributed by atoms with Crippen LogP contribution < -0.4 is 5.32 Å². The normalized spacial score (nSPS) is 26.6. The van der Waals surface area contributed by atoms with Crippen molar-refractivity contribution in [1.82, 2.24) is 0 Å². The predicted octanol–water partition coefficient (Wildman–Crippen LogP) is 5.48. The van der Waals surface area contributed by atoms with Gasteiger partial charge in [-0.1, -0.05) is 56.3 Å². The first kappa shape index (κ1) is 14.7. The van der Waals surface area contributed by atoms with Gasteiger partial charge in [-0.05, 0) is 46.6 Å². The van der Waals surface area contributed by atoms with Crippen LogP contribution in [0.1, 0.15) is 37.0 Å². The lowest BCUT2D eigenvalue weighted by atomic mass is 9.65. The van der Waals surface area contributed by atoms with Gasteiger partial charge in [-0.15, -0.1) is 11.8 Å². The van der Waals surface area contributed by atoms with E-state index in [1.165, 1.54) is 41.0 Å². The highest BCUT2D eigenvalue weighted by atomic mass is 32.2. The molecule has 1 aliphatic carbocycles. The number of thioether (sulfide) groups is 1. The molecule has 2 atom stereocenters. The molecule has 0 bridgehead atoms. The zero-order valence-corrected chi connectivity index (χ0v) is 15.1. The third-order valence-corrected chi connectivity index (χ3v) is 7.56. The van der Waals surface area contributed by atoms with Crippen molar-refractivity contribution in [3.63, 3.8) is 0 Å². The average Bonchev–Trinajstić information content (AvgIpc) is 2.61. The zero-order valence-electron chi connectivity index (χ0n) is 14.3. The molecule has 3 aliphatic rings. The lowest BCUT2D eigenvalue weighted by Crippen LogP contribution is -2.50. The van der Waals surface area contributed by atoms with Crippen LogP contribution in [-0.4, -0.2) is 11.8 Å². The van der Waals surface area contributed by atoms with Crippen molar-refractivity contribution >= 4 is 22.4 Å². The topological polar surface area (TPSA) is 12.0 Å². The van der Waals surface area contributed by atoms with Crippen LogP contribution >= 0.6 is 11.8 Å². The summed E-state index contributed by atoms with van der Waals surface area (Å²) < 4.78 is 0. The Bertz CT molecular complexity index is 849. The van der Waals surface area contributed by atoms with E-state index in [-0.39, 0.29) is 5.41 Å². The minimum Gasteiger partial charge on any atom is -0.378 e. The lowest BCUT2D eigenvalue weighted by Gasteiger charge is -2.50. The molecule has 122 valence electrons. The minimum absolute atomic E-state index is 0.217. The van der Waals surface area contributed by atoms with Crippen molar-refractivity contribution in [2.45, 2.75) is 38.1 Å². The number of nitrogens with one attached hydrogen (secondary N) is 1. The fourth-order valence-corrected chi connectivity index (χ4v) is 6.57. The summed E-state index contributed by atoms with van der Waals surface area (Å²) in [6.07, 6.45) is 2.38. The number of benzene rings is 2. The quantitative estimate of drug-likeness (QED) is 0.685. The van der Waals surface area contributed by atoms with Crippen molar-refractivity contribution < 1.29 is 0 Å². The van der Waals surface area contributed by atoms with Gasteiger partial charge >= 0.3 is 0 Å². The van der Waals surface area contributed by atoms with Crippen LogP contribution in [0, 0.1) is 5.92 Å². The molecule has 5 rings (SSSR count). The third kappa shape index (κ3) is 1.96. The van der Waals surface area contributed by atoms with Gasteiger partial charge in [-0.25, -0.2) is 0 Å². The Kier molecular flexibility index (Phi) is 3.15. The van der Waals surface area contributed by atoms with E-state index in [4.69, 9.17) is 0 Å². The summed E-state index contributed by atoms with van der Waals surface area (Å²) in [4.78, 5) is 1.56.